The van der Waals surface area contributed by atoms with Crippen molar-refractivity contribution in [2.75, 3.05) is 0 Å². The molecule has 0 spiro atoms. The minimum absolute atomic E-state index is 0.250. The van der Waals surface area contributed by atoms with Crippen molar-refractivity contribution in [2.24, 2.45) is 0 Å². The number of hydrogen-bond donors (Lipinski definition) is 1. The smallest absolute Gasteiger partial charge is 0.278 e. The third-order valence-electron chi connectivity index (χ3n) is 5.09. The molecule has 5 rings (SSSR count). The first-order valence-electron chi connectivity index (χ1n) is 9.84. The van der Waals surface area contributed by atoms with Crippen molar-refractivity contribution in [3.8, 4) is 0 Å². The number of nitrogens with zero attached hydrogens (tertiary/aromatic N) is 3. The van der Waals surface area contributed by atoms with Crippen molar-refractivity contribution in [3.63, 3.8) is 0 Å². The Balaban J connectivity index is 1.46. The van der Waals surface area contributed by atoms with Gasteiger partial charge in [-0.05, 0) is 29.8 Å². The highest BCUT2D eigenvalue weighted by Gasteiger charge is 2.21. The molecule has 5 aromatic rings. The Morgan fingerprint density at radius 1 is 0.968 bits per heavy atom. The number of hydrogen-bond acceptors (Lipinski definition) is 5. The van der Waals surface area contributed by atoms with Gasteiger partial charge in [0, 0.05) is 5.39 Å². The predicted octanol–water partition coefficient (Wildman–Crippen LogP) is 3.44. The van der Waals surface area contributed by atoms with E-state index < -0.39 is 6.04 Å². The molecule has 0 bridgehead atoms. The monoisotopic (exact) mass is 410 g/mol. The van der Waals surface area contributed by atoms with E-state index >= 15 is 0 Å². The van der Waals surface area contributed by atoms with Gasteiger partial charge in [-0.2, -0.15) is 0 Å². The van der Waals surface area contributed by atoms with Gasteiger partial charge in [-0.3, -0.25) is 9.59 Å². The van der Waals surface area contributed by atoms with Crippen LogP contribution in [-0.2, 0) is 11.3 Å². The second-order valence-corrected chi connectivity index (χ2v) is 7.17. The predicted molar refractivity (Wildman–Crippen MR) is 116 cm³/mol. The lowest BCUT2D eigenvalue weighted by atomic mass is 10.0. The van der Waals surface area contributed by atoms with Crippen LogP contribution in [0.25, 0.3) is 21.9 Å². The van der Waals surface area contributed by atoms with E-state index in [-0.39, 0.29) is 18.0 Å². The van der Waals surface area contributed by atoms with Gasteiger partial charge in [-0.1, -0.05) is 65.9 Å². The average Bonchev–Trinajstić information content (AvgIpc) is 3.24. The molecule has 0 aliphatic carbocycles. The Kier molecular flexibility index (Phi) is 4.76. The maximum atomic E-state index is 12.9. The fourth-order valence-electron chi connectivity index (χ4n) is 3.58. The second-order valence-electron chi connectivity index (χ2n) is 7.17. The van der Waals surface area contributed by atoms with Gasteiger partial charge >= 0.3 is 0 Å². The van der Waals surface area contributed by atoms with E-state index in [0.29, 0.717) is 16.7 Å². The zero-order valence-electron chi connectivity index (χ0n) is 16.4. The number of benzene rings is 3. The van der Waals surface area contributed by atoms with Gasteiger partial charge in [0.25, 0.3) is 5.56 Å². The van der Waals surface area contributed by atoms with Gasteiger partial charge in [0.15, 0.2) is 0 Å². The number of furan rings is 1. The lowest BCUT2D eigenvalue weighted by Gasteiger charge is -2.17. The summed E-state index contributed by atoms with van der Waals surface area (Å²) in [7, 11) is 0. The van der Waals surface area contributed by atoms with E-state index in [0.717, 1.165) is 21.2 Å². The van der Waals surface area contributed by atoms with E-state index in [2.05, 4.69) is 15.6 Å². The molecule has 0 aliphatic rings. The van der Waals surface area contributed by atoms with Crippen LogP contribution in [-0.4, -0.2) is 20.9 Å². The van der Waals surface area contributed by atoms with E-state index in [1.807, 2.05) is 60.7 Å². The minimum atomic E-state index is -0.509. The Morgan fingerprint density at radius 2 is 1.71 bits per heavy atom. The summed E-state index contributed by atoms with van der Waals surface area (Å²) in [5, 5.41) is 12.3. The van der Waals surface area contributed by atoms with Crippen LogP contribution in [0.5, 0.6) is 0 Å². The number of rotatable bonds is 5. The van der Waals surface area contributed by atoms with E-state index in [1.165, 1.54) is 0 Å². The average molecular weight is 410 g/mol. The molecule has 0 saturated heterocycles. The van der Waals surface area contributed by atoms with Crippen molar-refractivity contribution in [1.82, 2.24) is 20.3 Å². The number of fused-ring (bicyclic) bond motifs is 2. The van der Waals surface area contributed by atoms with Crippen molar-refractivity contribution >= 4 is 27.8 Å². The van der Waals surface area contributed by atoms with Gasteiger partial charge in [-0.15, -0.1) is 5.10 Å². The maximum absolute atomic E-state index is 12.9. The summed E-state index contributed by atoms with van der Waals surface area (Å²) in [5.74, 6) is 0.235. The van der Waals surface area contributed by atoms with Crippen LogP contribution in [0, 0.1) is 0 Å². The third-order valence-corrected chi connectivity index (χ3v) is 5.09. The molecule has 0 radical (unpaired) electrons. The topological polar surface area (TPSA) is 90.0 Å². The first-order valence-corrected chi connectivity index (χ1v) is 9.84. The highest BCUT2D eigenvalue weighted by atomic mass is 16.3. The van der Waals surface area contributed by atoms with Crippen LogP contribution in [0.3, 0.4) is 0 Å². The Labute approximate surface area is 176 Å². The molecule has 2 aromatic heterocycles. The standard InChI is InChI=1S/C24H18N4O3/c29-22(15-28-24(30)18-11-5-6-12-19(18)26-27-28)25-23(16-8-2-1-3-9-16)21-14-17-10-4-7-13-20(17)31-21/h1-14,23H,15H2,(H,25,29). The van der Waals surface area contributed by atoms with Gasteiger partial charge in [0.05, 0.1) is 5.39 Å². The number of carbonyl (C=O) groups is 1. The van der Waals surface area contributed by atoms with Crippen LogP contribution in [0.4, 0.5) is 0 Å². The fraction of sp³-hybridized carbons (Fsp3) is 0.0833. The highest BCUT2D eigenvalue weighted by Crippen LogP contribution is 2.28. The zero-order valence-corrected chi connectivity index (χ0v) is 16.4. The SMILES string of the molecule is O=C(Cn1nnc2ccccc2c1=O)NC(c1ccccc1)c1cc2ccccc2o1. The minimum Gasteiger partial charge on any atom is -0.459 e. The lowest BCUT2D eigenvalue weighted by Crippen LogP contribution is -2.36. The fourth-order valence-corrected chi connectivity index (χ4v) is 3.58. The molecule has 7 heteroatoms. The molecule has 152 valence electrons. The van der Waals surface area contributed by atoms with Crippen LogP contribution in [0.1, 0.15) is 17.4 Å². The van der Waals surface area contributed by atoms with Gasteiger partial charge < -0.3 is 9.73 Å². The number of para-hydroxylation sites is 1. The van der Waals surface area contributed by atoms with E-state index in [4.69, 9.17) is 4.42 Å². The third kappa shape index (κ3) is 3.69. The zero-order chi connectivity index (χ0) is 21.2. The summed E-state index contributed by atoms with van der Waals surface area (Å²) in [6.45, 7) is -0.250. The molecule has 0 fully saturated rings. The normalized spacial score (nSPS) is 12.1. The maximum Gasteiger partial charge on any atom is 0.278 e. The molecule has 1 N–H and O–H groups in total. The van der Waals surface area contributed by atoms with Crippen LogP contribution in [0.2, 0.25) is 0 Å². The molecule has 31 heavy (non-hydrogen) atoms. The van der Waals surface area contributed by atoms with Crippen LogP contribution < -0.4 is 10.9 Å². The summed E-state index contributed by atoms with van der Waals surface area (Å²) in [4.78, 5) is 25.6. The van der Waals surface area contributed by atoms with Crippen molar-refractivity contribution in [3.05, 3.63) is 107 Å². The number of amides is 1. The van der Waals surface area contributed by atoms with Crippen molar-refractivity contribution in [1.29, 1.82) is 0 Å². The Morgan fingerprint density at radius 3 is 2.55 bits per heavy atom. The highest BCUT2D eigenvalue weighted by molar-refractivity contribution is 5.80. The molecule has 1 amide bonds. The lowest BCUT2D eigenvalue weighted by molar-refractivity contribution is -0.122. The molecular formula is C24H18N4O3. The summed E-state index contributed by atoms with van der Waals surface area (Å²) < 4.78 is 7.07. The first kappa shape index (κ1) is 18.7. The van der Waals surface area contributed by atoms with Crippen LogP contribution >= 0.6 is 0 Å². The van der Waals surface area contributed by atoms with Gasteiger partial charge in [0.1, 0.15) is 29.4 Å². The quantitative estimate of drug-likeness (QED) is 0.479. The van der Waals surface area contributed by atoms with Gasteiger partial charge in [0.2, 0.25) is 5.91 Å². The van der Waals surface area contributed by atoms with Crippen molar-refractivity contribution in [2.45, 2.75) is 12.6 Å². The summed E-state index contributed by atoms with van der Waals surface area (Å²) in [6, 6.07) is 25.5. The van der Waals surface area contributed by atoms with Gasteiger partial charge in [-0.25, -0.2) is 4.68 Å². The molecule has 3 aromatic carbocycles. The second kappa shape index (κ2) is 7.87. The molecule has 0 aliphatic heterocycles. The number of nitrogens with one attached hydrogen (secondary N) is 1. The first-order chi connectivity index (χ1) is 15.2. The van der Waals surface area contributed by atoms with E-state index in [1.54, 1.807) is 24.3 Å². The summed E-state index contributed by atoms with van der Waals surface area (Å²) >= 11 is 0. The summed E-state index contributed by atoms with van der Waals surface area (Å²) in [5.41, 5.74) is 1.74. The Hall–Kier alpha value is -4.26. The van der Waals surface area contributed by atoms with E-state index in [9.17, 15) is 9.59 Å². The molecule has 1 unspecified atom stereocenters. The van der Waals surface area contributed by atoms with Crippen molar-refractivity contribution < 1.29 is 9.21 Å². The molecule has 2 heterocycles. The molecular weight excluding hydrogens is 392 g/mol. The largest absolute Gasteiger partial charge is 0.459 e. The Bertz CT molecular complexity index is 1410. The molecule has 1 atom stereocenters. The summed E-state index contributed by atoms with van der Waals surface area (Å²) in [6.07, 6.45) is 0. The molecule has 7 nitrogen and oxygen atoms in total. The number of carbonyl (C=O) groups excluding carboxylic acids is 1. The van der Waals surface area contributed by atoms with Crippen LogP contribution in [0.15, 0.2) is 94.1 Å². The molecule has 0 saturated carbocycles. The number of aromatic nitrogens is 3.